The molecule has 0 saturated heterocycles. The number of carbonyl (C=O) groups excluding carboxylic acids is 1. The number of benzene rings is 1. The third-order valence-electron chi connectivity index (χ3n) is 4.86. The maximum Gasteiger partial charge on any atom is 0.339 e. The lowest BCUT2D eigenvalue weighted by Gasteiger charge is -2.20. The fourth-order valence-electron chi connectivity index (χ4n) is 3.25. The molecule has 0 atom stereocenters. The molecule has 0 fully saturated rings. The number of ether oxygens (including phenoxy) is 1. The lowest BCUT2D eigenvalue weighted by atomic mass is 10.0. The molecule has 29 heavy (non-hydrogen) atoms. The minimum Gasteiger partial charge on any atom is -0.497 e. The van der Waals surface area contributed by atoms with Crippen LogP contribution in [0.2, 0.25) is 0 Å². The van der Waals surface area contributed by atoms with Gasteiger partial charge in [-0.3, -0.25) is 4.79 Å². The van der Waals surface area contributed by atoms with Crippen LogP contribution in [0.4, 0.5) is 0 Å². The molecule has 0 bridgehead atoms. The number of amides is 1. The molecule has 1 aromatic carbocycles. The summed E-state index contributed by atoms with van der Waals surface area (Å²) in [6.45, 7) is 2.45. The SMILES string of the molecule is COc1ccc2c(C)c(CCC(=O)N(CCC#N)Cc3ccco3)c(=O)oc2c1. The van der Waals surface area contributed by atoms with Crippen LogP contribution in [0.15, 0.2) is 50.2 Å². The van der Waals surface area contributed by atoms with Crippen molar-refractivity contribution in [1.29, 1.82) is 5.26 Å². The van der Waals surface area contributed by atoms with Gasteiger partial charge in [0.1, 0.15) is 17.1 Å². The first-order chi connectivity index (χ1) is 14.0. The van der Waals surface area contributed by atoms with Crippen LogP contribution in [-0.4, -0.2) is 24.5 Å². The van der Waals surface area contributed by atoms with Gasteiger partial charge in [-0.25, -0.2) is 4.79 Å². The van der Waals surface area contributed by atoms with Crippen molar-refractivity contribution in [2.45, 2.75) is 32.7 Å². The van der Waals surface area contributed by atoms with Crippen molar-refractivity contribution in [1.82, 2.24) is 4.90 Å². The summed E-state index contributed by atoms with van der Waals surface area (Å²) in [5.41, 5.74) is 1.27. The van der Waals surface area contributed by atoms with Crippen LogP contribution in [0.3, 0.4) is 0 Å². The van der Waals surface area contributed by atoms with E-state index in [1.807, 2.05) is 13.0 Å². The smallest absolute Gasteiger partial charge is 0.339 e. The van der Waals surface area contributed by atoms with Crippen molar-refractivity contribution in [3.8, 4) is 11.8 Å². The average Bonchev–Trinajstić information content (AvgIpc) is 3.23. The summed E-state index contributed by atoms with van der Waals surface area (Å²) in [6, 6.07) is 10.9. The number of methoxy groups -OCH3 is 1. The number of nitrogens with zero attached hydrogens (tertiary/aromatic N) is 2. The summed E-state index contributed by atoms with van der Waals surface area (Å²) in [7, 11) is 1.55. The molecule has 0 aliphatic heterocycles. The molecule has 0 aliphatic carbocycles. The van der Waals surface area contributed by atoms with E-state index in [9.17, 15) is 9.59 Å². The maximum atomic E-state index is 12.7. The number of aryl methyl sites for hydroxylation is 1. The lowest BCUT2D eigenvalue weighted by Crippen LogP contribution is -2.31. The van der Waals surface area contributed by atoms with Gasteiger partial charge >= 0.3 is 5.63 Å². The van der Waals surface area contributed by atoms with Gasteiger partial charge in [0.2, 0.25) is 5.91 Å². The highest BCUT2D eigenvalue weighted by atomic mass is 16.5. The summed E-state index contributed by atoms with van der Waals surface area (Å²) in [5, 5.41) is 9.68. The zero-order chi connectivity index (χ0) is 20.8. The molecule has 0 spiro atoms. The Kier molecular flexibility index (Phi) is 6.35. The molecule has 0 unspecified atom stereocenters. The van der Waals surface area contributed by atoms with E-state index >= 15 is 0 Å². The Bertz CT molecular complexity index is 1090. The molecule has 7 nitrogen and oxygen atoms in total. The van der Waals surface area contributed by atoms with Gasteiger partial charge in [0.15, 0.2) is 0 Å². The van der Waals surface area contributed by atoms with Gasteiger partial charge in [-0.15, -0.1) is 0 Å². The Morgan fingerprint density at radius 3 is 2.83 bits per heavy atom. The number of hydrogen-bond donors (Lipinski definition) is 0. The second-order valence-corrected chi connectivity index (χ2v) is 6.66. The second-order valence-electron chi connectivity index (χ2n) is 6.66. The van der Waals surface area contributed by atoms with Crippen LogP contribution in [0.1, 0.15) is 29.7 Å². The van der Waals surface area contributed by atoms with Crippen LogP contribution in [-0.2, 0) is 17.8 Å². The van der Waals surface area contributed by atoms with Crippen LogP contribution in [0.5, 0.6) is 5.75 Å². The van der Waals surface area contributed by atoms with Gasteiger partial charge in [0.05, 0.1) is 32.4 Å². The van der Waals surface area contributed by atoms with E-state index in [-0.39, 0.29) is 25.2 Å². The molecule has 3 rings (SSSR count). The first-order valence-corrected chi connectivity index (χ1v) is 9.31. The molecule has 2 aromatic heterocycles. The number of carbonyl (C=O) groups is 1. The molecule has 0 saturated carbocycles. The highest BCUT2D eigenvalue weighted by Crippen LogP contribution is 2.24. The summed E-state index contributed by atoms with van der Waals surface area (Å²) in [4.78, 5) is 26.8. The molecule has 0 N–H and O–H groups in total. The van der Waals surface area contributed by atoms with E-state index in [1.165, 1.54) is 0 Å². The number of furan rings is 1. The van der Waals surface area contributed by atoms with E-state index in [2.05, 4.69) is 6.07 Å². The fraction of sp³-hybridized carbons (Fsp3) is 0.318. The summed E-state index contributed by atoms with van der Waals surface area (Å²) in [5.74, 6) is 1.10. The monoisotopic (exact) mass is 394 g/mol. The van der Waals surface area contributed by atoms with Gasteiger partial charge in [-0.1, -0.05) is 0 Å². The van der Waals surface area contributed by atoms with Crippen molar-refractivity contribution in [3.63, 3.8) is 0 Å². The number of fused-ring (bicyclic) bond motifs is 1. The quantitative estimate of drug-likeness (QED) is 0.542. The summed E-state index contributed by atoms with van der Waals surface area (Å²) < 4.78 is 15.9. The topological polar surface area (TPSA) is 96.7 Å². The van der Waals surface area contributed by atoms with E-state index in [0.717, 1.165) is 10.9 Å². The lowest BCUT2D eigenvalue weighted by molar-refractivity contribution is -0.132. The molecule has 1 amide bonds. The minimum absolute atomic E-state index is 0.138. The fourth-order valence-corrected chi connectivity index (χ4v) is 3.25. The molecule has 2 heterocycles. The predicted molar refractivity (Wildman–Crippen MR) is 106 cm³/mol. The predicted octanol–water partition coefficient (Wildman–Crippen LogP) is 3.58. The zero-order valence-electron chi connectivity index (χ0n) is 16.4. The Morgan fingerprint density at radius 1 is 1.31 bits per heavy atom. The van der Waals surface area contributed by atoms with Crippen molar-refractivity contribution in [2.75, 3.05) is 13.7 Å². The van der Waals surface area contributed by atoms with Gasteiger partial charge in [0.25, 0.3) is 0 Å². The van der Waals surface area contributed by atoms with Crippen LogP contribution in [0.25, 0.3) is 11.0 Å². The molecule has 150 valence electrons. The molecule has 3 aromatic rings. The van der Waals surface area contributed by atoms with Crippen molar-refractivity contribution in [3.05, 3.63) is 63.9 Å². The highest BCUT2D eigenvalue weighted by Gasteiger charge is 2.18. The summed E-state index contributed by atoms with van der Waals surface area (Å²) in [6.07, 6.45) is 2.17. The van der Waals surface area contributed by atoms with E-state index in [0.29, 0.717) is 35.7 Å². The molecule has 7 heteroatoms. The zero-order valence-corrected chi connectivity index (χ0v) is 16.4. The van der Waals surface area contributed by atoms with Crippen LogP contribution < -0.4 is 10.4 Å². The van der Waals surface area contributed by atoms with Gasteiger partial charge in [-0.05, 0) is 43.2 Å². The standard InChI is InChI=1S/C22H22N2O5/c1-15-18-7-6-16(27-2)13-20(18)29-22(26)19(15)8-9-21(25)24(11-4-10-23)14-17-5-3-12-28-17/h3,5-7,12-13H,4,8-9,11,14H2,1-2H3. The average molecular weight is 394 g/mol. The highest BCUT2D eigenvalue weighted by molar-refractivity contribution is 5.82. The van der Waals surface area contributed by atoms with Gasteiger partial charge in [0, 0.05) is 30.0 Å². The first kappa shape index (κ1) is 20.2. The number of hydrogen-bond acceptors (Lipinski definition) is 6. The second kappa shape index (κ2) is 9.11. The van der Waals surface area contributed by atoms with Crippen molar-refractivity contribution >= 4 is 16.9 Å². The normalized spacial score (nSPS) is 10.7. The number of rotatable bonds is 8. The molecular weight excluding hydrogens is 372 g/mol. The Morgan fingerprint density at radius 2 is 2.14 bits per heavy atom. The van der Waals surface area contributed by atoms with Gasteiger partial charge in [-0.2, -0.15) is 5.26 Å². The molecule has 0 aliphatic rings. The Balaban J connectivity index is 1.78. The Hall–Kier alpha value is -3.53. The van der Waals surface area contributed by atoms with Crippen molar-refractivity contribution in [2.24, 2.45) is 0 Å². The third kappa shape index (κ3) is 4.66. The van der Waals surface area contributed by atoms with Gasteiger partial charge < -0.3 is 18.5 Å². The Labute approximate surface area is 168 Å². The molecular formula is C22H22N2O5. The largest absolute Gasteiger partial charge is 0.497 e. The van der Waals surface area contributed by atoms with E-state index in [1.54, 1.807) is 42.5 Å². The maximum absolute atomic E-state index is 12.7. The minimum atomic E-state index is -0.453. The summed E-state index contributed by atoms with van der Waals surface area (Å²) >= 11 is 0. The molecule has 0 radical (unpaired) electrons. The first-order valence-electron chi connectivity index (χ1n) is 9.31. The number of nitriles is 1. The third-order valence-corrected chi connectivity index (χ3v) is 4.86. The van der Waals surface area contributed by atoms with E-state index in [4.69, 9.17) is 18.8 Å². The van der Waals surface area contributed by atoms with Crippen LogP contribution in [0, 0.1) is 18.3 Å². The van der Waals surface area contributed by atoms with Crippen molar-refractivity contribution < 1.29 is 18.4 Å². The van der Waals surface area contributed by atoms with E-state index < -0.39 is 5.63 Å². The van der Waals surface area contributed by atoms with Crippen LogP contribution >= 0.6 is 0 Å².